The minimum atomic E-state index is -4.08. The maximum atomic E-state index is 11.5. The van der Waals surface area contributed by atoms with Crippen LogP contribution in [0.5, 0.6) is 0 Å². The number of carbonyl (C=O) groups is 2. The Hall–Kier alpha value is -2.71. The molecule has 1 amide bonds. The average Bonchev–Trinajstić information content (AvgIpc) is 2.65. The normalized spacial score (nSPS) is 11.2. The number of nitrogens with one attached hydrogen (secondary N) is 1. The van der Waals surface area contributed by atoms with Gasteiger partial charge in [-0.2, -0.15) is 8.42 Å². The number of hydrogen-bond acceptors (Lipinski definition) is 5. The molecule has 2 N–H and O–H groups in total. The first-order valence-corrected chi connectivity index (χ1v) is 11.0. The highest BCUT2D eigenvalue weighted by molar-refractivity contribution is 7.85. The number of benzene rings is 1. The summed E-state index contributed by atoms with van der Waals surface area (Å²) in [5, 5.41) is 2.37. The standard InChI is InChI=1S/C15H18O2.C7H13NO4S/c1-3-4-12-17-15(16)13(2)10-11-14-8-6-5-7-9-14;1-4-6(9)8-7(2,3)5-13(10,11)12/h5-11H,2-4,12H2,1H3;4H,1,5H2,2-3H3,(H,8,9)(H,10,11,12). The molecule has 0 bridgehead atoms. The lowest BCUT2D eigenvalue weighted by atomic mass is 10.1. The molecular formula is C22H31NO6S. The van der Waals surface area contributed by atoms with Crippen molar-refractivity contribution in [2.24, 2.45) is 0 Å². The van der Waals surface area contributed by atoms with Crippen molar-refractivity contribution in [2.45, 2.75) is 39.2 Å². The van der Waals surface area contributed by atoms with Crippen molar-refractivity contribution in [2.75, 3.05) is 12.4 Å². The third kappa shape index (κ3) is 14.3. The number of ether oxygens (including phenoxy) is 1. The van der Waals surface area contributed by atoms with E-state index < -0.39 is 27.3 Å². The molecule has 166 valence electrons. The molecule has 0 atom stereocenters. The first-order valence-electron chi connectivity index (χ1n) is 9.39. The molecule has 0 aromatic heterocycles. The van der Waals surface area contributed by atoms with Crippen molar-refractivity contribution in [3.05, 3.63) is 66.8 Å². The van der Waals surface area contributed by atoms with E-state index in [2.05, 4.69) is 25.4 Å². The third-order valence-electron chi connectivity index (χ3n) is 3.46. The third-order valence-corrected chi connectivity index (χ3v) is 4.55. The summed E-state index contributed by atoms with van der Waals surface area (Å²) in [5.74, 6) is -1.35. The lowest BCUT2D eigenvalue weighted by Gasteiger charge is -2.23. The lowest BCUT2D eigenvalue weighted by Crippen LogP contribution is -2.47. The maximum absolute atomic E-state index is 11.5. The van der Waals surface area contributed by atoms with Gasteiger partial charge in [0.15, 0.2) is 0 Å². The first kappa shape index (κ1) is 27.3. The second-order valence-electron chi connectivity index (χ2n) is 7.06. The number of unbranched alkanes of at least 4 members (excludes halogenated alkanes) is 1. The maximum Gasteiger partial charge on any atom is 0.337 e. The van der Waals surface area contributed by atoms with Crippen LogP contribution in [0.15, 0.2) is 61.2 Å². The Morgan fingerprint density at radius 2 is 1.83 bits per heavy atom. The van der Waals surface area contributed by atoms with E-state index in [9.17, 15) is 18.0 Å². The molecule has 30 heavy (non-hydrogen) atoms. The van der Waals surface area contributed by atoms with Crippen LogP contribution in [0.25, 0.3) is 6.08 Å². The predicted molar refractivity (Wildman–Crippen MR) is 119 cm³/mol. The van der Waals surface area contributed by atoms with Crippen LogP contribution in [-0.2, 0) is 24.4 Å². The molecule has 0 radical (unpaired) electrons. The van der Waals surface area contributed by atoms with Gasteiger partial charge in [-0.25, -0.2) is 4.79 Å². The summed E-state index contributed by atoms with van der Waals surface area (Å²) in [4.78, 5) is 22.3. The van der Waals surface area contributed by atoms with Gasteiger partial charge in [-0.3, -0.25) is 9.35 Å². The molecule has 0 saturated carbocycles. The van der Waals surface area contributed by atoms with Gasteiger partial charge < -0.3 is 10.1 Å². The molecule has 0 heterocycles. The number of carbonyl (C=O) groups excluding carboxylic acids is 2. The topological polar surface area (TPSA) is 110 Å². The van der Waals surface area contributed by atoms with E-state index in [0.29, 0.717) is 12.2 Å². The minimum absolute atomic E-state index is 0.342. The monoisotopic (exact) mass is 437 g/mol. The first-order chi connectivity index (χ1) is 13.9. The van der Waals surface area contributed by atoms with Crippen molar-refractivity contribution in [1.82, 2.24) is 5.32 Å². The fourth-order valence-corrected chi connectivity index (χ4v) is 3.09. The van der Waals surface area contributed by atoms with E-state index >= 15 is 0 Å². The SMILES string of the molecule is C=C(C=Cc1ccccc1)C(=O)OCCCC.C=CC(=O)NC(C)(C)CS(=O)(=O)O. The molecule has 1 aromatic carbocycles. The zero-order valence-electron chi connectivity index (χ0n) is 17.8. The minimum Gasteiger partial charge on any atom is -0.462 e. The van der Waals surface area contributed by atoms with Gasteiger partial charge in [0.1, 0.15) is 0 Å². The number of hydrogen-bond donors (Lipinski definition) is 2. The average molecular weight is 438 g/mol. The molecule has 0 saturated heterocycles. The van der Waals surface area contributed by atoms with E-state index in [1.54, 1.807) is 6.08 Å². The molecule has 0 aliphatic heterocycles. The zero-order chi connectivity index (χ0) is 23.2. The summed E-state index contributed by atoms with van der Waals surface area (Å²) in [6, 6.07) is 9.77. The molecule has 8 heteroatoms. The fourth-order valence-electron chi connectivity index (χ4n) is 2.11. The van der Waals surface area contributed by atoms with Crippen LogP contribution in [0, 0.1) is 0 Å². The van der Waals surface area contributed by atoms with Gasteiger partial charge in [-0.15, -0.1) is 0 Å². The molecule has 0 aliphatic carbocycles. The highest BCUT2D eigenvalue weighted by Gasteiger charge is 2.25. The van der Waals surface area contributed by atoms with E-state index in [0.717, 1.165) is 24.5 Å². The molecule has 1 rings (SSSR count). The van der Waals surface area contributed by atoms with Crippen LogP contribution in [0.4, 0.5) is 0 Å². The highest BCUT2D eigenvalue weighted by Crippen LogP contribution is 2.06. The van der Waals surface area contributed by atoms with Gasteiger partial charge in [0, 0.05) is 0 Å². The Labute approximate surface area is 179 Å². The zero-order valence-corrected chi connectivity index (χ0v) is 18.6. The smallest absolute Gasteiger partial charge is 0.337 e. The predicted octanol–water partition coefficient (Wildman–Crippen LogP) is 3.55. The largest absolute Gasteiger partial charge is 0.462 e. The summed E-state index contributed by atoms with van der Waals surface area (Å²) in [7, 11) is -4.08. The van der Waals surface area contributed by atoms with E-state index in [-0.39, 0.29) is 5.97 Å². The Kier molecular flexibility index (Phi) is 12.3. The molecule has 7 nitrogen and oxygen atoms in total. The Morgan fingerprint density at radius 1 is 1.23 bits per heavy atom. The molecule has 0 aliphatic rings. The highest BCUT2D eigenvalue weighted by atomic mass is 32.2. The van der Waals surface area contributed by atoms with Crippen LogP contribution in [-0.4, -0.2) is 42.7 Å². The molecule has 0 fully saturated rings. The van der Waals surface area contributed by atoms with Gasteiger partial charge in [-0.1, -0.05) is 62.9 Å². The van der Waals surface area contributed by atoms with Gasteiger partial charge >= 0.3 is 5.97 Å². The second-order valence-corrected chi connectivity index (χ2v) is 8.51. The Balaban J connectivity index is 0.000000584. The van der Waals surface area contributed by atoms with E-state index in [1.807, 2.05) is 36.4 Å². The quantitative estimate of drug-likeness (QED) is 0.190. The molecular weight excluding hydrogens is 406 g/mol. The van der Waals surface area contributed by atoms with Crippen molar-refractivity contribution in [1.29, 1.82) is 0 Å². The molecule has 0 unspecified atom stereocenters. The summed E-state index contributed by atoms with van der Waals surface area (Å²) in [6.07, 6.45) is 6.47. The van der Waals surface area contributed by atoms with Crippen molar-refractivity contribution in [3.63, 3.8) is 0 Å². The summed E-state index contributed by atoms with van der Waals surface area (Å²) >= 11 is 0. The number of esters is 1. The Bertz CT molecular complexity index is 842. The van der Waals surface area contributed by atoms with Crippen LogP contribution >= 0.6 is 0 Å². The molecule has 1 aromatic rings. The van der Waals surface area contributed by atoms with Crippen molar-refractivity contribution in [3.8, 4) is 0 Å². The molecule has 0 spiro atoms. The second kappa shape index (κ2) is 13.5. The van der Waals surface area contributed by atoms with Crippen molar-refractivity contribution >= 4 is 28.1 Å². The lowest BCUT2D eigenvalue weighted by molar-refractivity contribution is -0.138. The Morgan fingerprint density at radius 3 is 2.33 bits per heavy atom. The number of rotatable bonds is 10. The van der Waals surface area contributed by atoms with Gasteiger partial charge in [0.2, 0.25) is 5.91 Å². The summed E-state index contributed by atoms with van der Waals surface area (Å²) in [6.45, 7) is 12.4. The van der Waals surface area contributed by atoms with Crippen LogP contribution in [0.2, 0.25) is 0 Å². The van der Waals surface area contributed by atoms with E-state index in [1.165, 1.54) is 13.8 Å². The fraction of sp³-hybridized carbons (Fsp3) is 0.364. The van der Waals surface area contributed by atoms with Crippen LogP contribution in [0.1, 0.15) is 39.2 Å². The summed E-state index contributed by atoms with van der Waals surface area (Å²) in [5.41, 5.74) is 0.415. The van der Waals surface area contributed by atoms with Crippen LogP contribution < -0.4 is 5.32 Å². The van der Waals surface area contributed by atoms with Gasteiger partial charge in [0.05, 0.1) is 23.5 Å². The summed E-state index contributed by atoms with van der Waals surface area (Å²) < 4.78 is 34.6. The number of amides is 1. The van der Waals surface area contributed by atoms with E-state index in [4.69, 9.17) is 9.29 Å². The van der Waals surface area contributed by atoms with Gasteiger partial charge in [0.25, 0.3) is 10.1 Å². The van der Waals surface area contributed by atoms with Crippen LogP contribution in [0.3, 0.4) is 0 Å². The van der Waals surface area contributed by atoms with Gasteiger partial charge in [-0.05, 0) is 38.0 Å². The van der Waals surface area contributed by atoms with Crippen molar-refractivity contribution < 1.29 is 27.3 Å².